The van der Waals surface area contributed by atoms with Gasteiger partial charge in [-0.2, -0.15) is 0 Å². The predicted octanol–water partition coefficient (Wildman–Crippen LogP) is 10.1. The number of fused-ring (bicyclic) bond motifs is 2. The van der Waals surface area contributed by atoms with Crippen LogP contribution < -0.4 is 4.90 Å². The van der Waals surface area contributed by atoms with Crippen LogP contribution in [0.4, 0.5) is 5.69 Å². The first-order chi connectivity index (χ1) is 18.1. The van der Waals surface area contributed by atoms with Crippen LogP contribution >= 0.6 is 11.6 Å². The van der Waals surface area contributed by atoms with Crippen LogP contribution in [-0.4, -0.2) is 13.1 Å². The van der Waals surface area contributed by atoms with Gasteiger partial charge in [-0.15, -0.1) is 0 Å². The fourth-order valence-corrected chi connectivity index (χ4v) is 5.41. The molecule has 0 fully saturated rings. The molecule has 5 aromatic carbocycles. The Kier molecular flexibility index (Phi) is 7.92. The zero-order chi connectivity index (χ0) is 25.6. The maximum Gasteiger partial charge on any atom is 0.0406 e. The van der Waals surface area contributed by atoms with Crippen molar-refractivity contribution in [2.24, 2.45) is 0 Å². The molecule has 0 aliphatic heterocycles. The number of hydrogen-bond donors (Lipinski definition) is 0. The number of allylic oxidation sites excluding steroid dienone is 1. The monoisotopic (exact) mass is 503 g/mol. The van der Waals surface area contributed by atoms with Gasteiger partial charge in [-0.1, -0.05) is 103 Å². The number of rotatable bonds is 9. The molecule has 0 bridgehead atoms. The number of nitrogens with zero attached hydrogens (tertiary/aromatic N) is 1. The van der Waals surface area contributed by atoms with Gasteiger partial charge in [0.25, 0.3) is 0 Å². The van der Waals surface area contributed by atoms with Gasteiger partial charge >= 0.3 is 0 Å². The maximum atomic E-state index is 6.23. The van der Waals surface area contributed by atoms with E-state index in [1.807, 2.05) is 12.1 Å². The van der Waals surface area contributed by atoms with Crippen molar-refractivity contribution < 1.29 is 0 Å². The molecule has 1 nitrogen and oxygen atoms in total. The van der Waals surface area contributed by atoms with Gasteiger partial charge in [0.15, 0.2) is 0 Å². The van der Waals surface area contributed by atoms with E-state index in [9.17, 15) is 0 Å². The average molecular weight is 504 g/mol. The zero-order valence-corrected chi connectivity index (χ0v) is 22.4. The standard InChI is InChI=1S/C35H34ClN/c1-26(37(2)34-23-20-29-12-7-9-14-32(29)25-34)35(30-18-21-33(36)22-19-30)15-5-3-4-10-27-16-17-28-11-6-8-13-31(28)24-27/h4,6-14,16-26,35H,3,5,15H2,1-2H3/b10-4+. The first-order valence-corrected chi connectivity index (χ1v) is 13.6. The minimum atomic E-state index is 0.340. The molecular formula is C35H34ClN. The van der Waals surface area contributed by atoms with E-state index < -0.39 is 0 Å². The smallest absolute Gasteiger partial charge is 0.0406 e. The lowest BCUT2D eigenvalue weighted by molar-refractivity contribution is 0.497. The molecule has 0 saturated heterocycles. The lowest BCUT2D eigenvalue weighted by Crippen LogP contribution is -2.34. The van der Waals surface area contributed by atoms with Gasteiger partial charge < -0.3 is 4.90 Å². The number of unbranched alkanes of at least 4 members (excludes halogenated alkanes) is 1. The van der Waals surface area contributed by atoms with Crippen molar-refractivity contribution >= 4 is 44.9 Å². The van der Waals surface area contributed by atoms with Gasteiger partial charge in [-0.3, -0.25) is 0 Å². The molecule has 0 heterocycles. The van der Waals surface area contributed by atoms with Gasteiger partial charge in [-0.05, 0) is 89.2 Å². The van der Waals surface area contributed by atoms with Crippen LogP contribution in [0.2, 0.25) is 5.02 Å². The third-order valence-electron chi connectivity index (χ3n) is 7.60. The highest BCUT2D eigenvalue weighted by molar-refractivity contribution is 6.30. The summed E-state index contributed by atoms with van der Waals surface area (Å²) < 4.78 is 0. The van der Waals surface area contributed by atoms with Crippen LogP contribution in [-0.2, 0) is 0 Å². The summed E-state index contributed by atoms with van der Waals surface area (Å²) in [6.07, 6.45) is 7.88. The molecule has 0 N–H and O–H groups in total. The second-order valence-electron chi connectivity index (χ2n) is 9.98. The molecule has 0 aromatic heterocycles. The van der Waals surface area contributed by atoms with Crippen molar-refractivity contribution in [1.29, 1.82) is 0 Å². The highest BCUT2D eigenvalue weighted by atomic mass is 35.5. The highest BCUT2D eigenvalue weighted by Gasteiger charge is 2.23. The van der Waals surface area contributed by atoms with E-state index in [4.69, 9.17) is 11.6 Å². The molecule has 5 rings (SSSR count). The Labute approximate surface area is 226 Å². The summed E-state index contributed by atoms with van der Waals surface area (Å²) >= 11 is 6.23. The Bertz CT molecular complexity index is 1500. The summed E-state index contributed by atoms with van der Waals surface area (Å²) in [5.41, 5.74) is 3.86. The number of likely N-dealkylation sites (N-methyl/N-ethyl adjacent to an activating group) is 1. The van der Waals surface area contributed by atoms with Gasteiger partial charge in [0.1, 0.15) is 0 Å². The molecular weight excluding hydrogens is 470 g/mol. The molecule has 2 atom stereocenters. The molecule has 0 spiro atoms. The molecule has 2 unspecified atom stereocenters. The third-order valence-corrected chi connectivity index (χ3v) is 7.85. The van der Waals surface area contributed by atoms with E-state index in [-0.39, 0.29) is 0 Å². The van der Waals surface area contributed by atoms with E-state index in [0.29, 0.717) is 12.0 Å². The molecule has 0 aliphatic rings. The van der Waals surface area contributed by atoms with Crippen molar-refractivity contribution in [2.75, 3.05) is 11.9 Å². The molecule has 0 amide bonds. The first kappa shape index (κ1) is 25.1. The molecule has 0 aliphatic carbocycles. The summed E-state index contributed by atoms with van der Waals surface area (Å²) in [5.74, 6) is 0.405. The quantitative estimate of drug-likeness (QED) is 0.181. The van der Waals surface area contributed by atoms with Crippen molar-refractivity contribution in [2.45, 2.75) is 38.1 Å². The fourth-order valence-electron chi connectivity index (χ4n) is 5.28. The molecule has 186 valence electrons. The van der Waals surface area contributed by atoms with Gasteiger partial charge in [0.2, 0.25) is 0 Å². The lowest BCUT2D eigenvalue weighted by atomic mass is 9.86. The minimum Gasteiger partial charge on any atom is -0.371 e. The minimum absolute atomic E-state index is 0.340. The average Bonchev–Trinajstić information content (AvgIpc) is 2.94. The van der Waals surface area contributed by atoms with Crippen molar-refractivity contribution in [3.05, 3.63) is 131 Å². The molecule has 0 radical (unpaired) electrons. The molecule has 2 heteroatoms. The van der Waals surface area contributed by atoms with E-state index in [0.717, 1.165) is 24.3 Å². The number of anilines is 1. The Hall–Kier alpha value is -3.55. The van der Waals surface area contributed by atoms with Crippen LogP contribution in [0.3, 0.4) is 0 Å². The van der Waals surface area contributed by atoms with Crippen LogP contribution in [0, 0.1) is 0 Å². The molecule has 5 aromatic rings. The summed E-state index contributed by atoms with van der Waals surface area (Å²) in [5, 5.41) is 5.92. The Morgan fingerprint density at radius 1 is 0.730 bits per heavy atom. The maximum absolute atomic E-state index is 6.23. The van der Waals surface area contributed by atoms with Gasteiger partial charge in [0.05, 0.1) is 0 Å². The third kappa shape index (κ3) is 6.06. The van der Waals surface area contributed by atoms with E-state index in [2.05, 4.69) is 128 Å². The second kappa shape index (κ2) is 11.7. The van der Waals surface area contributed by atoms with Gasteiger partial charge in [-0.25, -0.2) is 0 Å². The van der Waals surface area contributed by atoms with Crippen LogP contribution in [0.5, 0.6) is 0 Å². The van der Waals surface area contributed by atoms with Crippen molar-refractivity contribution in [3.63, 3.8) is 0 Å². The zero-order valence-electron chi connectivity index (χ0n) is 21.6. The van der Waals surface area contributed by atoms with Crippen molar-refractivity contribution in [1.82, 2.24) is 0 Å². The normalized spacial score (nSPS) is 13.3. The number of hydrogen-bond acceptors (Lipinski definition) is 1. The van der Waals surface area contributed by atoms with Crippen LogP contribution in [0.1, 0.15) is 43.2 Å². The van der Waals surface area contributed by atoms with Crippen molar-refractivity contribution in [3.8, 4) is 0 Å². The Balaban J connectivity index is 1.29. The number of benzene rings is 5. The topological polar surface area (TPSA) is 3.24 Å². The summed E-state index contributed by atoms with van der Waals surface area (Å²) in [7, 11) is 2.22. The highest BCUT2D eigenvalue weighted by Crippen LogP contribution is 2.33. The summed E-state index contributed by atoms with van der Waals surface area (Å²) in [4.78, 5) is 2.43. The summed E-state index contributed by atoms with van der Waals surface area (Å²) in [6, 6.07) is 39.3. The summed E-state index contributed by atoms with van der Waals surface area (Å²) in [6.45, 7) is 2.35. The van der Waals surface area contributed by atoms with Crippen LogP contribution in [0.15, 0.2) is 115 Å². The fraction of sp³-hybridized carbons (Fsp3) is 0.200. The largest absolute Gasteiger partial charge is 0.371 e. The van der Waals surface area contributed by atoms with E-state index in [1.54, 1.807) is 0 Å². The van der Waals surface area contributed by atoms with Crippen LogP contribution in [0.25, 0.3) is 27.6 Å². The lowest BCUT2D eigenvalue weighted by Gasteiger charge is -2.34. The molecule has 0 saturated carbocycles. The van der Waals surface area contributed by atoms with Gasteiger partial charge in [0, 0.05) is 29.7 Å². The first-order valence-electron chi connectivity index (χ1n) is 13.2. The number of halogens is 1. The molecule has 37 heavy (non-hydrogen) atoms. The Morgan fingerprint density at radius 2 is 1.35 bits per heavy atom. The van der Waals surface area contributed by atoms with E-state index in [1.165, 1.54) is 38.4 Å². The second-order valence-corrected chi connectivity index (χ2v) is 10.4. The van der Waals surface area contributed by atoms with E-state index >= 15 is 0 Å². The Morgan fingerprint density at radius 3 is 2.05 bits per heavy atom. The predicted molar refractivity (Wildman–Crippen MR) is 163 cm³/mol. The SMILES string of the molecule is CC(C(CCC/C=C/c1ccc2ccccc2c1)c1ccc(Cl)cc1)N(C)c1ccc2ccccc2c1.